The van der Waals surface area contributed by atoms with Crippen LogP contribution in [0.1, 0.15) is 33.1 Å². The first-order chi connectivity index (χ1) is 5.79. The largest absolute Gasteiger partial charge is 0.501 e. The maximum atomic E-state index is 5.46. The highest BCUT2D eigenvalue weighted by Gasteiger charge is 2.14. The van der Waals surface area contributed by atoms with Gasteiger partial charge in [-0.25, -0.2) is 0 Å². The average molecular weight is 170 g/mol. The Kier molecular flexibility index (Phi) is 4.15. The number of hydrogen-bond donors (Lipinski definition) is 0. The Balaban J connectivity index is 1.98. The van der Waals surface area contributed by atoms with Crippen molar-refractivity contribution in [2.45, 2.75) is 39.2 Å². The van der Waals surface area contributed by atoms with E-state index in [1.807, 2.05) is 20.1 Å². The van der Waals surface area contributed by atoms with E-state index < -0.39 is 0 Å². The minimum absolute atomic E-state index is 0.454. The summed E-state index contributed by atoms with van der Waals surface area (Å²) in [6.07, 6.45) is 5.72. The van der Waals surface area contributed by atoms with Crippen molar-refractivity contribution in [1.82, 2.24) is 0 Å². The summed E-state index contributed by atoms with van der Waals surface area (Å²) in [6.45, 7) is 5.79. The van der Waals surface area contributed by atoms with E-state index in [0.29, 0.717) is 6.10 Å². The van der Waals surface area contributed by atoms with Gasteiger partial charge in [-0.1, -0.05) is 0 Å². The SMILES string of the molecule is CC(C)=COCCC1CCCO1. The molecule has 1 unspecified atom stereocenters. The minimum atomic E-state index is 0.454. The second-order valence-corrected chi connectivity index (χ2v) is 3.49. The molecular formula is C10H18O2. The standard InChI is InChI=1S/C10H18O2/c1-9(2)8-11-7-5-10-4-3-6-12-10/h8,10H,3-7H2,1-2H3. The van der Waals surface area contributed by atoms with Gasteiger partial charge in [0.15, 0.2) is 0 Å². The second kappa shape index (κ2) is 5.20. The van der Waals surface area contributed by atoms with Gasteiger partial charge >= 0.3 is 0 Å². The third-order valence-electron chi connectivity index (χ3n) is 1.90. The van der Waals surface area contributed by atoms with Crippen LogP contribution < -0.4 is 0 Å². The maximum Gasteiger partial charge on any atom is 0.0898 e. The summed E-state index contributed by atoms with van der Waals surface area (Å²) < 4.78 is 10.8. The molecule has 1 atom stereocenters. The molecule has 0 amide bonds. The summed E-state index contributed by atoms with van der Waals surface area (Å²) in [7, 11) is 0. The molecule has 12 heavy (non-hydrogen) atoms. The molecule has 1 heterocycles. The van der Waals surface area contributed by atoms with E-state index >= 15 is 0 Å². The molecule has 0 N–H and O–H groups in total. The summed E-state index contributed by atoms with van der Waals surface area (Å²) in [4.78, 5) is 0. The Bertz CT molecular complexity index is 142. The van der Waals surface area contributed by atoms with E-state index in [9.17, 15) is 0 Å². The van der Waals surface area contributed by atoms with Gasteiger partial charge in [0.2, 0.25) is 0 Å². The number of allylic oxidation sites excluding steroid dienone is 1. The molecule has 0 spiro atoms. The Morgan fingerprint density at radius 3 is 3.00 bits per heavy atom. The lowest BCUT2D eigenvalue weighted by Gasteiger charge is -2.08. The highest BCUT2D eigenvalue weighted by Crippen LogP contribution is 2.14. The molecule has 1 saturated heterocycles. The normalized spacial score (nSPS) is 22.3. The van der Waals surface area contributed by atoms with Crippen LogP contribution in [0.25, 0.3) is 0 Å². The maximum absolute atomic E-state index is 5.46. The first-order valence-electron chi connectivity index (χ1n) is 4.65. The van der Waals surface area contributed by atoms with E-state index in [-0.39, 0.29) is 0 Å². The van der Waals surface area contributed by atoms with Crippen molar-refractivity contribution < 1.29 is 9.47 Å². The lowest BCUT2D eigenvalue weighted by molar-refractivity contribution is 0.0828. The Labute approximate surface area is 74.6 Å². The number of rotatable bonds is 4. The van der Waals surface area contributed by atoms with Crippen LogP contribution in [0.5, 0.6) is 0 Å². The molecule has 0 aromatic heterocycles. The zero-order valence-corrected chi connectivity index (χ0v) is 8.01. The van der Waals surface area contributed by atoms with Crippen LogP contribution in [0.3, 0.4) is 0 Å². The van der Waals surface area contributed by atoms with E-state index in [2.05, 4.69) is 0 Å². The molecule has 0 aromatic rings. The van der Waals surface area contributed by atoms with Gasteiger partial charge in [-0.05, 0) is 32.3 Å². The molecule has 0 aromatic carbocycles. The zero-order valence-electron chi connectivity index (χ0n) is 8.01. The van der Waals surface area contributed by atoms with Gasteiger partial charge in [0.25, 0.3) is 0 Å². The molecule has 0 radical (unpaired) electrons. The van der Waals surface area contributed by atoms with E-state index in [1.54, 1.807) is 0 Å². The van der Waals surface area contributed by atoms with Crippen LogP contribution in [-0.4, -0.2) is 19.3 Å². The monoisotopic (exact) mass is 170 g/mol. The van der Waals surface area contributed by atoms with Crippen molar-refractivity contribution in [2.75, 3.05) is 13.2 Å². The molecule has 1 aliphatic heterocycles. The van der Waals surface area contributed by atoms with Gasteiger partial charge < -0.3 is 9.47 Å². The molecule has 2 nitrogen and oxygen atoms in total. The fraction of sp³-hybridized carbons (Fsp3) is 0.800. The molecular weight excluding hydrogens is 152 g/mol. The third-order valence-corrected chi connectivity index (χ3v) is 1.90. The predicted molar refractivity (Wildman–Crippen MR) is 49.0 cm³/mol. The Hall–Kier alpha value is -0.500. The van der Waals surface area contributed by atoms with Crippen molar-refractivity contribution in [3.8, 4) is 0 Å². The predicted octanol–water partition coefficient (Wildman–Crippen LogP) is 2.50. The fourth-order valence-corrected chi connectivity index (χ4v) is 1.30. The lowest BCUT2D eigenvalue weighted by atomic mass is 10.2. The van der Waals surface area contributed by atoms with Crippen molar-refractivity contribution >= 4 is 0 Å². The molecule has 2 heteroatoms. The van der Waals surface area contributed by atoms with Gasteiger partial charge in [-0.2, -0.15) is 0 Å². The van der Waals surface area contributed by atoms with Crippen molar-refractivity contribution in [3.63, 3.8) is 0 Å². The molecule has 1 rings (SSSR count). The molecule has 0 aliphatic carbocycles. The van der Waals surface area contributed by atoms with Gasteiger partial charge in [0.1, 0.15) is 0 Å². The summed E-state index contributed by atoms with van der Waals surface area (Å²) in [5, 5.41) is 0. The van der Waals surface area contributed by atoms with Crippen LogP contribution in [0.15, 0.2) is 11.8 Å². The van der Waals surface area contributed by atoms with Gasteiger partial charge in [0, 0.05) is 13.0 Å². The van der Waals surface area contributed by atoms with Crippen LogP contribution in [0.4, 0.5) is 0 Å². The lowest BCUT2D eigenvalue weighted by Crippen LogP contribution is -2.07. The third kappa shape index (κ3) is 3.77. The molecule has 70 valence electrons. The Morgan fingerprint density at radius 2 is 2.42 bits per heavy atom. The molecule has 1 fully saturated rings. The van der Waals surface area contributed by atoms with Crippen LogP contribution >= 0.6 is 0 Å². The summed E-state index contributed by atoms with van der Waals surface area (Å²) in [6, 6.07) is 0. The zero-order chi connectivity index (χ0) is 8.81. The Morgan fingerprint density at radius 1 is 1.58 bits per heavy atom. The fourth-order valence-electron chi connectivity index (χ4n) is 1.30. The van der Waals surface area contributed by atoms with Crippen LogP contribution in [-0.2, 0) is 9.47 Å². The summed E-state index contributed by atoms with van der Waals surface area (Å²) >= 11 is 0. The smallest absolute Gasteiger partial charge is 0.0898 e. The molecule has 0 bridgehead atoms. The quantitative estimate of drug-likeness (QED) is 0.476. The second-order valence-electron chi connectivity index (χ2n) is 3.49. The first-order valence-corrected chi connectivity index (χ1v) is 4.65. The average Bonchev–Trinajstić information content (AvgIpc) is 2.49. The van der Waals surface area contributed by atoms with Crippen molar-refractivity contribution in [3.05, 3.63) is 11.8 Å². The van der Waals surface area contributed by atoms with Gasteiger partial charge in [-0.3, -0.25) is 0 Å². The molecule has 0 saturated carbocycles. The summed E-state index contributed by atoms with van der Waals surface area (Å²) in [5.41, 5.74) is 1.21. The number of ether oxygens (including phenoxy) is 2. The van der Waals surface area contributed by atoms with Crippen LogP contribution in [0.2, 0.25) is 0 Å². The van der Waals surface area contributed by atoms with E-state index in [4.69, 9.17) is 9.47 Å². The van der Waals surface area contributed by atoms with Gasteiger partial charge in [-0.15, -0.1) is 0 Å². The van der Waals surface area contributed by atoms with E-state index in [1.165, 1.54) is 18.4 Å². The van der Waals surface area contributed by atoms with Gasteiger partial charge in [0.05, 0.1) is 19.0 Å². The highest BCUT2D eigenvalue weighted by molar-refractivity contribution is 4.86. The van der Waals surface area contributed by atoms with Crippen molar-refractivity contribution in [1.29, 1.82) is 0 Å². The van der Waals surface area contributed by atoms with Crippen LogP contribution in [0, 0.1) is 0 Å². The minimum Gasteiger partial charge on any atom is -0.501 e. The highest BCUT2D eigenvalue weighted by atomic mass is 16.5. The first kappa shape index (κ1) is 9.59. The molecule has 1 aliphatic rings. The topological polar surface area (TPSA) is 18.5 Å². The number of hydrogen-bond acceptors (Lipinski definition) is 2. The van der Waals surface area contributed by atoms with E-state index in [0.717, 1.165) is 19.6 Å². The summed E-state index contributed by atoms with van der Waals surface area (Å²) in [5.74, 6) is 0. The van der Waals surface area contributed by atoms with Crippen molar-refractivity contribution in [2.24, 2.45) is 0 Å².